The van der Waals surface area contributed by atoms with Crippen LogP contribution in [0.4, 0.5) is 0 Å². The Balaban J connectivity index is 2.22. The maximum Gasteiger partial charge on any atom is 0.250 e. The van der Waals surface area contributed by atoms with Crippen molar-refractivity contribution < 1.29 is 14.8 Å². The van der Waals surface area contributed by atoms with Crippen LogP contribution >= 0.6 is 11.3 Å². The van der Waals surface area contributed by atoms with E-state index in [2.05, 4.69) is 0 Å². The molecule has 2 aromatic rings. The second kappa shape index (κ2) is 6.45. The Morgan fingerprint density at radius 1 is 1.25 bits per heavy atom. The van der Waals surface area contributed by atoms with Crippen LogP contribution in [0.3, 0.4) is 0 Å². The van der Waals surface area contributed by atoms with Gasteiger partial charge in [0.15, 0.2) is 0 Å². The number of hydrogen-bond donors (Lipinski definition) is 2. The van der Waals surface area contributed by atoms with Crippen molar-refractivity contribution in [3.63, 3.8) is 0 Å². The topological polar surface area (TPSA) is 66.4 Å². The zero-order chi connectivity index (χ0) is 14.5. The van der Waals surface area contributed by atoms with Crippen LogP contribution in [0.5, 0.6) is 0 Å². The number of benzene rings is 1. The fourth-order valence-corrected chi connectivity index (χ4v) is 2.75. The summed E-state index contributed by atoms with van der Waals surface area (Å²) in [5.41, 5.74) is 3.04. The minimum absolute atomic E-state index is 0.0220. The van der Waals surface area contributed by atoms with Gasteiger partial charge in [-0.3, -0.25) is 14.8 Å². The fourth-order valence-electron chi connectivity index (χ4n) is 2.07. The predicted octanol–water partition coefficient (Wildman–Crippen LogP) is 2.98. The molecule has 0 aliphatic carbocycles. The fraction of sp³-hybridized carbons (Fsp3) is 0.200. The van der Waals surface area contributed by atoms with Crippen molar-refractivity contribution in [3.05, 3.63) is 57.8 Å². The first-order valence-electron chi connectivity index (χ1n) is 6.29. The number of hydroxylamine groups is 1. The van der Waals surface area contributed by atoms with Crippen LogP contribution in [-0.2, 0) is 4.79 Å². The van der Waals surface area contributed by atoms with Gasteiger partial charge in [-0.1, -0.05) is 37.3 Å². The molecule has 0 radical (unpaired) electrons. The monoisotopic (exact) mass is 289 g/mol. The van der Waals surface area contributed by atoms with Gasteiger partial charge in [0.05, 0.1) is 10.8 Å². The lowest BCUT2D eigenvalue weighted by Gasteiger charge is -2.13. The van der Waals surface area contributed by atoms with Gasteiger partial charge in [-0.15, -0.1) is 11.3 Å². The highest BCUT2D eigenvalue weighted by atomic mass is 32.1. The van der Waals surface area contributed by atoms with Crippen molar-refractivity contribution in [2.75, 3.05) is 0 Å². The van der Waals surface area contributed by atoms with Gasteiger partial charge < -0.3 is 0 Å². The number of carbonyl (C=O) groups is 2. The van der Waals surface area contributed by atoms with E-state index in [1.54, 1.807) is 35.8 Å². The Morgan fingerprint density at radius 2 is 1.95 bits per heavy atom. The van der Waals surface area contributed by atoms with Crippen molar-refractivity contribution in [1.29, 1.82) is 0 Å². The Morgan fingerprint density at radius 3 is 2.45 bits per heavy atom. The first kappa shape index (κ1) is 14.4. The minimum atomic E-state index is -0.440. The molecule has 0 aliphatic heterocycles. The van der Waals surface area contributed by atoms with Gasteiger partial charge in [-0.2, -0.15) is 0 Å². The van der Waals surface area contributed by atoms with Gasteiger partial charge in [-0.25, -0.2) is 5.48 Å². The number of thiophene rings is 1. The van der Waals surface area contributed by atoms with Gasteiger partial charge in [0, 0.05) is 5.56 Å². The number of hydrogen-bond acceptors (Lipinski definition) is 4. The van der Waals surface area contributed by atoms with Gasteiger partial charge in [-0.05, 0) is 23.4 Å². The van der Waals surface area contributed by atoms with E-state index in [1.165, 1.54) is 11.3 Å². The van der Waals surface area contributed by atoms with Crippen LogP contribution in [0.1, 0.15) is 40.1 Å². The Kier molecular flexibility index (Phi) is 4.65. The zero-order valence-electron chi connectivity index (χ0n) is 11.0. The second-order valence-electron chi connectivity index (χ2n) is 4.37. The summed E-state index contributed by atoms with van der Waals surface area (Å²) in [6.45, 7) is 1.87. The summed E-state index contributed by atoms with van der Waals surface area (Å²) >= 11 is 1.40. The summed E-state index contributed by atoms with van der Waals surface area (Å²) < 4.78 is 0. The van der Waals surface area contributed by atoms with Crippen LogP contribution < -0.4 is 5.48 Å². The molecule has 1 amide bonds. The quantitative estimate of drug-likeness (QED) is 0.505. The van der Waals surface area contributed by atoms with Crippen molar-refractivity contribution >= 4 is 23.0 Å². The molecule has 0 bridgehead atoms. The van der Waals surface area contributed by atoms with Crippen molar-refractivity contribution in [3.8, 4) is 0 Å². The van der Waals surface area contributed by atoms with Gasteiger partial charge >= 0.3 is 0 Å². The van der Waals surface area contributed by atoms with Gasteiger partial charge in [0.1, 0.15) is 0 Å². The number of carbonyl (C=O) groups excluding carboxylic acids is 2. The standard InChI is InChI=1S/C15H15NO3S/c1-2-12(15(18)16-19)10-5-7-11(8-6-10)14(17)13-4-3-9-20-13/h3-9,12,19H,2H2,1H3,(H,16,18). The number of amides is 1. The third-order valence-electron chi connectivity index (χ3n) is 3.16. The largest absolute Gasteiger partial charge is 0.289 e. The average molecular weight is 289 g/mol. The van der Waals surface area contributed by atoms with E-state index >= 15 is 0 Å². The van der Waals surface area contributed by atoms with Crippen LogP contribution in [0.2, 0.25) is 0 Å². The first-order chi connectivity index (χ1) is 9.67. The summed E-state index contributed by atoms with van der Waals surface area (Å²) in [6.07, 6.45) is 0.574. The van der Waals surface area contributed by atoms with Gasteiger partial charge in [0.2, 0.25) is 5.78 Å². The third-order valence-corrected chi connectivity index (χ3v) is 4.02. The molecule has 20 heavy (non-hydrogen) atoms. The molecule has 0 saturated heterocycles. The molecule has 4 nitrogen and oxygen atoms in total. The van der Waals surface area contributed by atoms with Crippen molar-refractivity contribution in [1.82, 2.24) is 5.48 Å². The summed E-state index contributed by atoms with van der Waals surface area (Å²) in [5, 5.41) is 10.6. The molecule has 1 heterocycles. The Hall–Kier alpha value is -1.98. The van der Waals surface area contributed by atoms with Crippen molar-refractivity contribution in [2.24, 2.45) is 0 Å². The molecule has 1 atom stereocenters. The van der Waals surface area contributed by atoms with E-state index < -0.39 is 11.8 Å². The molecule has 2 rings (SSSR count). The molecule has 0 aliphatic rings. The second-order valence-corrected chi connectivity index (χ2v) is 5.31. The summed E-state index contributed by atoms with van der Waals surface area (Å²) in [5.74, 6) is -0.873. The molecule has 0 spiro atoms. The Labute approximate surface area is 121 Å². The van der Waals surface area contributed by atoms with E-state index in [9.17, 15) is 9.59 Å². The molecule has 0 saturated carbocycles. The lowest BCUT2D eigenvalue weighted by Crippen LogP contribution is -2.25. The van der Waals surface area contributed by atoms with E-state index in [4.69, 9.17) is 5.21 Å². The molecule has 1 unspecified atom stereocenters. The highest BCUT2D eigenvalue weighted by Crippen LogP contribution is 2.22. The van der Waals surface area contributed by atoms with Crippen LogP contribution in [0.15, 0.2) is 41.8 Å². The average Bonchev–Trinajstić information content (AvgIpc) is 3.02. The van der Waals surface area contributed by atoms with Gasteiger partial charge in [0.25, 0.3) is 5.91 Å². The van der Waals surface area contributed by atoms with Crippen LogP contribution in [0, 0.1) is 0 Å². The Bertz CT molecular complexity index is 590. The maximum absolute atomic E-state index is 12.1. The molecule has 104 valence electrons. The molecule has 0 fully saturated rings. The summed E-state index contributed by atoms with van der Waals surface area (Å²) in [7, 11) is 0. The van der Waals surface area contributed by atoms with Crippen molar-refractivity contribution in [2.45, 2.75) is 19.3 Å². The predicted molar refractivity (Wildman–Crippen MR) is 77.2 cm³/mol. The first-order valence-corrected chi connectivity index (χ1v) is 7.17. The van der Waals surface area contributed by atoms with Crippen LogP contribution in [0.25, 0.3) is 0 Å². The molecule has 2 N–H and O–H groups in total. The smallest absolute Gasteiger partial charge is 0.250 e. The molecular formula is C15H15NO3S. The maximum atomic E-state index is 12.1. The number of nitrogens with one attached hydrogen (secondary N) is 1. The highest BCUT2D eigenvalue weighted by molar-refractivity contribution is 7.12. The molecule has 1 aromatic carbocycles. The zero-order valence-corrected chi connectivity index (χ0v) is 11.8. The number of ketones is 1. The molecule has 1 aromatic heterocycles. The normalized spacial score (nSPS) is 11.9. The van der Waals surface area contributed by atoms with Crippen LogP contribution in [-0.4, -0.2) is 16.9 Å². The SMILES string of the molecule is CCC(C(=O)NO)c1ccc(C(=O)c2cccs2)cc1. The van der Waals surface area contributed by atoms with E-state index in [-0.39, 0.29) is 5.78 Å². The highest BCUT2D eigenvalue weighted by Gasteiger charge is 2.18. The van der Waals surface area contributed by atoms with E-state index in [1.807, 2.05) is 18.4 Å². The molecule has 5 heteroatoms. The minimum Gasteiger partial charge on any atom is -0.289 e. The molecular weight excluding hydrogens is 274 g/mol. The summed E-state index contributed by atoms with van der Waals surface area (Å²) in [6, 6.07) is 10.6. The lowest BCUT2D eigenvalue weighted by atomic mass is 9.94. The van der Waals surface area contributed by atoms with E-state index in [0.717, 1.165) is 5.56 Å². The number of rotatable bonds is 5. The lowest BCUT2D eigenvalue weighted by molar-refractivity contribution is -0.130. The summed E-state index contributed by atoms with van der Waals surface area (Å²) in [4.78, 5) is 24.4. The third kappa shape index (κ3) is 2.95. The van der Waals surface area contributed by atoms with E-state index in [0.29, 0.717) is 16.9 Å².